The predicted molar refractivity (Wildman–Crippen MR) is 211 cm³/mol. The lowest BCUT2D eigenvalue weighted by Gasteiger charge is -2.27. The van der Waals surface area contributed by atoms with Gasteiger partial charge in [0, 0.05) is 38.5 Å². The Bertz CT molecular complexity index is 2850. The van der Waals surface area contributed by atoms with Crippen LogP contribution in [0.25, 0.3) is 71.9 Å². The van der Waals surface area contributed by atoms with Crippen LogP contribution in [0, 0.1) is 0 Å². The van der Waals surface area contributed by atoms with Crippen molar-refractivity contribution in [2.45, 2.75) is 0 Å². The molecule has 10 rings (SSSR count). The molecule has 0 aliphatic carbocycles. The highest BCUT2D eigenvalue weighted by atomic mass is 16.3. The van der Waals surface area contributed by atoms with E-state index in [0.717, 1.165) is 55.9 Å². The molecule has 0 aliphatic rings. The maximum atomic E-state index is 6.70. The van der Waals surface area contributed by atoms with Crippen LogP contribution in [0.4, 0.5) is 17.1 Å². The Kier molecular flexibility index (Phi) is 6.78. The lowest BCUT2D eigenvalue weighted by Crippen LogP contribution is -2.11. The average molecular weight is 654 g/mol. The third kappa shape index (κ3) is 4.80. The van der Waals surface area contributed by atoms with Crippen molar-refractivity contribution in [3.63, 3.8) is 0 Å². The summed E-state index contributed by atoms with van der Waals surface area (Å²) in [5.74, 6) is 0.599. The molecule has 0 aliphatic heterocycles. The van der Waals surface area contributed by atoms with Crippen LogP contribution in [0.15, 0.2) is 192 Å². The first-order chi connectivity index (χ1) is 25.3. The van der Waals surface area contributed by atoms with Gasteiger partial charge in [0.25, 0.3) is 0 Å². The second kappa shape index (κ2) is 11.9. The molecule has 0 saturated carbocycles. The Morgan fingerprint density at radius 2 is 1.08 bits per heavy atom. The zero-order valence-electron chi connectivity index (χ0n) is 27.6. The van der Waals surface area contributed by atoms with Crippen LogP contribution in [0.3, 0.4) is 0 Å². The number of benzene rings is 8. The van der Waals surface area contributed by atoms with Crippen LogP contribution in [-0.4, -0.2) is 9.55 Å². The van der Waals surface area contributed by atoms with E-state index < -0.39 is 0 Å². The van der Waals surface area contributed by atoms with Gasteiger partial charge in [-0.25, -0.2) is 4.98 Å². The van der Waals surface area contributed by atoms with Crippen LogP contribution < -0.4 is 4.90 Å². The minimum Gasteiger partial charge on any atom is -0.434 e. The van der Waals surface area contributed by atoms with E-state index in [2.05, 4.69) is 161 Å². The van der Waals surface area contributed by atoms with Gasteiger partial charge in [-0.15, -0.1) is 0 Å². The molecule has 0 fully saturated rings. The summed E-state index contributed by atoms with van der Waals surface area (Å²) in [7, 11) is 0. The van der Waals surface area contributed by atoms with Gasteiger partial charge in [0.15, 0.2) is 5.58 Å². The van der Waals surface area contributed by atoms with Gasteiger partial charge in [-0.2, -0.15) is 0 Å². The molecule has 51 heavy (non-hydrogen) atoms. The first-order valence-electron chi connectivity index (χ1n) is 17.2. The fourth-order valence-electron chi connectivity index (χ4n) is 7.51. The third-order valence-corrected chi connectivity index (χ3v) is 9.78. The minimum atomic E-state index is 0.599. The number of hydrogen-bond donors (Lipinski definition) is 0. The zero-order valence-corrected chi connectivity index (χ0v) is 27.6. The number of para-hydroxylation sites is 3. The molecular weight excluding hydrogens is 623 g/mol. The van der Waals surface area contributed by atoms with Crippen molar-refractivity contribution in [2.24, 2.45) is 0 Å². The topological polar surface area (TPSA) is 34.2 Å². The van der Waals surface area contributed by atoms with Crippen LogP contribution in [0.1, 0.15) is 0 Å². The van der Waals surface area contributed by atoms with Gasteiger partial charge in [0.2, 0.25) is 5.89 Å². The van der Waals surface area contributed by atoms with E-state index in [-0.39, 0.29) is 0 Å². The second-order valence-corrected chi connectivity index (χ2v) is 12.8. The summed E-state index contributed by atoms with van der Waals surface area (Å²) < 4.78 is 9.10. The van der Waals surface area contributed by atoms with Crippen molar-refractivity contribution < 1.29 is 4.42 Å². The van der Waals surface area contributed by atoms with Crippen LogP contribution in [-0.2, 0) is 0 Å². The SMILES string of the molecule is c1ccc(-c2cccc(N(c3cc4c5ccccc5n(-c5ccccc5)c4c4ccccc34)c3cccc4nc(-c5ccccc5)oc34)c2)cc1. The normalized spacial score (nSPS) is 11.5. The van der Waals surface area contributed by atoms with Gasteiger partial charge in [0.1, 0.15) is 5.52 Å². The number of fused-ring (bicyclic) bond motifs is 6. The Morgan fingerprint density at radius 1 is 0.451 bits per heavy atom. The number of rotatable bonds is 6. The van der Waals surface area contributed by atoms with Gasteiger partial charge in [-0.1, -0.05) is 127 Å². The van der Waals surface area contributed by atoms with E-state index in [1.54, 1.807) is 0 Å². The Hall–Kier alpha value is -6.91. The molecule has 240 valence electrons. The fraction of sp³-hybridized carbons (Fsp3) is 0. The lowest BCUT2D eigenvalue weighted by molar-refractivity contribution is 0.620. The van der Waals surface area contributed by atoms with E-state index in [9.17, 15) is 0 Å². The first kappa shape index (κ1) is 29.0. The summed E-state index contributed by atoms with van der Waals surface area (Å²) in [6, 6.07) is 66.2. The molecule has 4 heteroatoms. The van der Waals surface area contributed by atoms with Crippen LogP contribution in [0.5, 0.6) is 0 Å². The van der Waals surface area contributed by atoms with Gasteiger partial charge in [0.05, 0.1) is 22.4 Å². The molecule has 0 N–H and O–H groups in total. The van der Waals surface area contributed by atoms with Crippen molar-refractivity contribution in [1.82, 2.24) is 9.55 Å². The smallest absolute Gasteiger partial charge is 0.227 e. The molecule has 0 spiro atoms. The summed E-state index contributed by atoms with van der Waals surface area (Å²) in [4.78, 5) is 7.32. The predicted octanol–water partition coefficient (Wildman–Crippen LogP) is 12.9. The molecular formula is C47H31N3O. The molecule has 0 unspecified atom stereocenters. The maximum Gasteiger partial charge on any atom is 0.227 e. The summed E-state index contributed by atoms with van der Waals surface area (Å²) in [6.07, 6.45) is 0. The van der Waals surface area contributed by atoms with Crippen LogP contribution >= 0.6 is 0 Å². The monoisotopic (exact) mass is 653 g/mol. The minimum absolute atomic E-state index is 0.599. The largest absolute Gasteiger partial charge is 0.434 e. The van der Waals surface area contributed by atoms with Gasteiger partial charge in [-0.3, -0.25) is 0 Å². The van der Waals surface area contributed by atoms with E-state index in [0.29, 0.717) is 5.89 Å². The second-order valence-electron chi connectivity index (χ2n) is 12.8. The van der Waals surface area contributed by atoms with E-state index in [4.69, 9.17) is 9.40 Å². The molecule has 0 radical (unpaired) electrons. The molecule has 4 nitrogen and oxygen atoms in total. The molecule has 0 bridgehead atoms. The number of oxazole rings is 1. The fourth-order valence-corrected chi connectivity index (χ4v) is 7.51. The summed E-state index contributed by atoms with van der Waals surface area (Å²) in [5, 5.41) is 4.69. The van der Waals surface area contributed by atoms with Crippen LogP contribution in [0.2, 0.25) is 0 Å². The van der Waals surface area contributed by atoms with E-state index >= 15 is 0 Å². The Balaban J connectivity index is 1.31. The molecule has 0 amide bonds. The molecule has 8 aromatic carbocycles. The lowest BCUT2D eigenvalue weighted by atomic mass is 10.0. The quantitative estimate of drug-likeness (QED) is 0.179. The highest BCUT2D eigenvalue weighted by Crippen LogP contribution is 2.47. The number of aromatic nitrogens is 2. The molecule has 2 aromatic heterocycles. The van der Waals surface area contributed by atoms with Gasteiger partial charge in [-0.05, 0) is 71.8 Å². The highest BCUT2D eigenvalue weighted by molar-refractivity contribution is 6.22. The van der Waals surface area contributed by atoms with Crippen molar-refractivity contribution in [1.29, 1.82) is 0 Å². The Morgan fingerprint density at radius 3 is 1.86 bits per heavy atom. The van der Waals surface area contributed by atoms with Crippen molar-refractivity contribution in [3.8, 4) is 28.3 Å². The maximum absolute atomic E-state index is 6.70. The van der Waals surface area contributed by atoms with E-state index in [1.807, 2.05) is 36.4 Å². The standard InChI is InChI=1S/C47H31N3O/c1-4-16-32(17-5-1)34-20-14-23-36(30-34)49(43-29-15-27-41-46(43)51-47(48-41)33-18-6-2-7-19-33)44-31-40-38-25-12-13-28-42(38)50(35-21-8-3-9-22-35)45(40)39-26-11-10-24-37(39)44/h1-31H. The number of hydrogen-bond acceptors (Lipinski definition) is 3. The summed E-state index contributed by atoms with van der Waals surface area (Å²) in [5.41, 5.74) is 11.3. The van der Waals surface area contributed by atoms with Crippen molar-refractivity contribution >= 4 is 60.7 Å². The van der Waals surface area contributed by atoms with Crippen molar-refractivity contribution in [3.05, 3.63) is 188 Å². The zero-order chi connectivity index (χ0) is 33.7. The molecule has 2 heterocycles. The Labute approximate surface area is 295 Å². The summed E-state index contributed by atoms with van der Waals surface area (Å²) >= 11 is 0. The van der Waals surface area contributed by atoms with Crippen molar-refractivity contribution in [2.75, 3.05) is 4.90 Å². The van der Waals surface area contributed by atoms with Gasteiger partial charge >= 0.3 is 0 Å². The highest BCUT2D eigenvalue weighted by Gasteiger charge is 2.24. The number of anilines is 3. The van der Waals surface area contributed by atoms with Gasteiger partial charge < -0.3 is 13.9 Å². The van der Waals surface area contributed by atoms with E-state index in [1.165, 1.54) is 27.2 Å². The first-order valence-corrected chi connectivity index (χ1v) is 17.2. The number of nitrogens with zero attached hydrogens (tertiary/aromatic N) is 3. The molecule has 0 atom stereocenters. The average Bonchev–Trinajstić information content (AvgIpc) is 3.80. The summed E-state index contributed by atoms with van der Waals surface area (Å²) in [6.45, 7) is 0. The third-order valence-electron chi connectivity index (χ3n) is 9.78. The molecule has 0 saturated heterocycles. The molecule has 10 aromatic rings.